The van der Waals surface area contributed by atoms with Crippen molar-refractivity contribution in [3.05, 3.63) is 11.6 Å². The molecule has 1 N–H and O–H groups in total. The number of aromatic nitrogens is 3. The lowest BCUT2D eigenvalue weighted by atomic mass is 10.4. The highest BCUT2D eigenvalue weighted by atomic mass is 32.2. The topological polar surface area (TPSA) is 96.0 Å². The van der Waals surface area contributed by atoms with E-state index in [0.29, 0.717) is 12.2 Å². The van der Waals surface area contributed by atoms with Crippen LogP contribution in [0.15, 0.2) is 0 Å². The third-order valence-corrected chi connectivity index (χ3v) is 4.30. The monoisotopic (exact) mass is 258 g/mol. The van der Waals surface area contributed by atoms with E-state index in [1.807, 2.05) is 6.92 Å². The normalized spacial score (nSPS) is 19.2. The Morgan fingerprint density at radius 1 is 1.41 bits per heavy atom. The van der Waals surface area contributed by atoms with Gasteiger partial charge in [-0.2, -0.15) is 0 Å². The Morgan fingerprint density at radius 2 is 2.06 bits per heavy atom. The third kappa shape index (κ3) is 2.63. The Morgan fingerprint density at radius 3 is 2.59 bits per heavy atom. The van der Waals surface area contributed by atoms with Crippen molar-refractivity contribution in [2.75, 3.05) is 24.6 Å². The van der Waals surface area contributed by atoms with Crippen LogP contribution in [0.5, 0.6) is 0 Å². The van der Waals surface area contributed by atoms with E-state index < -0.39 is 9.84 Å². The lowest BCUT2D eigenvalue weighted by Gasteiger charge is -2.25. The van der Waals surface area contributed by atoms with Gasteiger partial charge in [0.2, 0.25) is 5.82 Å². The lowest BCUT2D eigenvalue weighted by molar-refractivity contribution is 0.0758. The van der Waals surface area contributed by atoms with Gasteiger partial charge in [0.15, 0.2) is 9.84 Å². The van der Waals surface area contributed by atoms with Gasteiger partial charge in [0, 0.05) is 19.5 Å². The van der Waals surface area contributed by atoms with Crippen LogP contribution in [0, 0.1) is 0 Å². The number of carbonyl (C=O) groups is 1. The Bertz CT molecular complexity index is 508. The number of carbonyl (C=O) groups excluding carboxylic acids is 1. The van der Waals surface area contributed by atoms with Crippen LogP contribution in [0.4, 0.5) is 0 Å². The van der Waals surface area contributed by atoms with Crippen molar-refractivity contribution in [3.63, 3.8) is 0 Å². The first-order valence-corrected chi connectivity index (χ1v) is 7.25. The molecule has 0 unspecified atom stereocenters. The Hall–Kier alpha value is -1.44. The zero-order chi connectivity index (χ0) is 12.5. The molecule has 1 aliphatic heterocycles. The van der Waals surface area contributed by atoms with Crippen LogP contribution < -0.4 is 0 Å². The van der Waals surface area contributed by atoms with E-state index in [1.165, 1.54) is 4.90 Å². The van der Waals surface area contributed by atoms with Crippen LogP contribution in [0.25, 0.3) is 0 Å². The summed E-state index contributed by atoms with van der Waals surface area (Å²) < 4.78 is 22.5. The maximum Gasteiger partial charge on any atom is 0.293 e. The molecule has 0 atom stereocenters. The fourth-order valence-corrected chi connectivity index (χ4v) is 2.81. The maximum atomic E-state index is 11.9. The highest BCUT2D eigenvalue weighted by molar-refractivity contribution is 7.91. The van der Waals surface area contributed by atoms with E-state index in [4.69, 9.17) is 0 Å². The molecule has 0 radical (unpaired) electrons. The smallest absolute Gasteiger partial charge is 0.293 e. The molecule has 0 saturated carbocycles. The molecule has 1 aromatic heterocycles. The van der Waals surface area contributed by atoms with E-state index in [1.54, 1.807) is 0 Å². The number of rotatable bonds is 2. The van der Waals surface area contributed by atoms with Crippen molar-refractivity contribution in [2.45, 2.75) is 13.3 Å². The van der Waals surface area contributed by atoms with Gasteiger partial charge in [-0.05, 0) is 0 Å². The van der Waals surface area contributed by atoms with Gasteiger partial charge in [0.1, 0.15) is 5.82 Å². The van der Waals surface area contributed by atoms with Crippen molar-refractivity contribution in [1.82, 2.24) is 20.1 Å². The molecular weight excluding hydrogens is 244 g/mol. The summed E-state index contributed by atoms with van der Waals surface area (Å²) in [4.78, 5) is 17.4. The van der Waals surface area contributed by atoms with E-state index in [9.17, 15) is 13.2 Å². The number of H-pyrrole nitrogens is 1. The summed E-state index contributed by atoms with van der Waals surface area (Å²) in [5, 5.41) is 6.49. The number of nitrogens with one attached hydrogen (secondary N) is 1. The predicted molar refractivity (Wildman–Crippen MR) is 60.3 cm³/mol. The zero-order valence-electron chi connectivity index (χ0n) is 9.51. The zero-order valence-corrected chi connectivity index (χ0v) is 10.3. The Balaban J connectivity index is 2.06. The quantitative estimate of drug-likeness (QED) is 0.752. The molecule has 1 aliphatic rings. The Kier molecular flexibility index (Phi) is 3.14. The van der Waals surface area contributed by atoms with E-state index >= 15 is 0 Å². The van der Waals surface area contributed by atoms with Crippen molar-refractivity contribution >= 4 is 15.7 Å². The first-order valence-electron chi connectivity index (χ1n) is 5.43. The standard InChI is InChI=1S/C9H14N4O3S/c1-2-7-10-8(12-11-7)9(14)13-3-5-17(15,16)6-4-13/h2-6H2,1H3,(H,10,11,12). The highest BCUT2D eigenvalue weighted by Crippen LogP contribution is 2.07. The average molecular weight is 258 g/mol. The molecule has 94 valence electrons. The molecule has 0 bridgehead atoms. The number of hydrogen-bond acceptors (Lipinski definition) is 5. The summed E-state index contributed by atoms with van der Waals surface area (Å²) in [6.07, 6.45) is 0.675. The van der Waals surface area contributed by atoms with E-state index in [0.717, 1.165) is 0 Å². The van der Waals surface area contributed by atoms with Gasteiger partial charge in [-0.3, -0.25) is 9.89 Å². The van der Waals surface area contributed by atoms with Crippen molar-refractivity contribution in [2.24, 2.45) is 0 Å². The van der Waals surface area contributed by atoms with Gasteiger partial charge in [0.25, 0.3) is 5.91 Å². The number of aromatic amines is 1. The molecule has 7 nitrogen and oxygen atoms in total. The maximum absolute atomic E-state index is 11.9. The van der Waals surface area contributed by atoms with Gasteiger partial charge >= 0.3 is 0 Å². The van der Waals surface area contributed by atoms with Crippen LogP contribution in [0.2, 0.25) is 0 Å². The molecule has 17 heavy (non-hydrogen) atoms. The molecule has 0 aromatic carbocycles. The minimum Gasteiger partial charge on any atom is -0.334 e. The van der Waals surface area contributed by atoms with Crippen molar-refractivity contribution < 1.29 is 13.2 Å². The second-order valence-corrected chi connectivity index (χ2v) is 6.21. The highest BCUT2D eigenvalue weighted by Gasteiger charge is 2.27. The molecule has 1 fully saturated rings. The molecule has 1 amide bonds. The molecule has 0 spiro atoms. The number of hydrogen-bond donors (Lipinski definition) is 1. The molecule has 1 aromatic rings. The number of amides is 1. The van der Waals surface area contributed by atoms with Crippen molar-refractivity contribution in [1.29, 1.82) is 0 Å². The minimum atomic E-state index is -2.97. The summed E-state index contributed by atoms with van der Waals surface area (Å²) in [5.41, 5.74) is 0. The van der Waals surface area contributed by atoms with Crippen molar-refractivity contribution in [3.8, 4) is 0 Å². The summed E-state index contributed by atoms with van der Waals surface area (Å²) in [6.45, 7) is 2.34. The molecule has 0 aliphatic carbocycles. The fraction of sp³-hybridized carbons (Fsp3) is 0.667. The minimum absolute atomic E-state index is 0.0177. The molecular formula is C9H14N4O3S. The fourth-order valence-electron chi connectivity index (χ4n) is 1.61. The summed E-state index contributed by atoms with van der Waals surface area (Å²) in [7, 11) is -2.97. The van der Waals surface area contributed by atoms with Crippen LogP contribution >= 0.6 is 0 Å². The third-order valence-electron chi connectivity index (χ3n) is 2.69. The molecule has 8 heteroatoms. The average Bonchev–Trinajstić information content (AvgIpc) is 2.76. The largest absolute Gasteiger partial charge is 0.334 e. The van der Waals surface area contributed by atoms with Gasteiger partial charge in [-0.1, -0.05) is 6.92 Å². The number of sulfone groups is 1. The molecule has 2 rings (SSSR count). The van der Waals surface area contributed by atoms with E-state index in [-0.39, 0.29) is 36.3 Å². The van der Waals surface area contributed by atoms with E-state index in [2.05, 4.69) is 15.2 Å². The SMILES string of the molecule is CCc1nc(C(=O)N2CCS(=O)(=O)CC2)n[nH]1. The molecule has 2 heterocycles. The Labute approximate surface area is 99.1 Å². The van der Waals surface area contributed by atoms with Gasteiger partial charge < -0.3 is 4.90 Å². The van der Waals surface area contributed by atoms with Crippen LogP contribution in [0.3, 0.4) is 0 Å². The van der Waals surface area contributed by atoms with Gasteiger partial charge in [-0.15, -0.1) is 5.10 Å². The van der Waals surface area contributed by atoms with Crippen LogP contribution in [0.1, 0.15) is 23.4 Å². The van der Waals surface area contributed by atoms with Crippen LogP contribution in [-0.4, -0.2) is 59.0 Å². The predicted octanol–water partition coefficient (Wildman–Crippen LogP) is -0.762. The van der Waals surface area contributed by atoms with Gasteiger partial charge in [-0.25, -0.2) is 13.4 Å². The number of nitrogens with zero attached hydrogens (tertiary/aromatic N) is 3. The summed E-state index contributed by atoms with van der Waals surface area (Å²) in [5.74, 6) is 0.489. The molecule has 1 saturated heterocycles. The summed E-state index contributed by atoms with van der Waals surface area (Å²) in [6, 6.07) is 0. The number of aryl methyl sites for hydroxylation is 1. The second kappa shape index (κ2) is 4.44. The second-order valence-electron chi connectivity index (χ2n) is 3.90. The summed E-state index contributed by atoms with van der Waals surface area (Å²) >= 11 is 0. The first kappa shape index (κ1) is 12.0. The van der Waals surface area contributed by atoms with Crippen LogP contribution in [-0.2, 0) is 16.3 Å². The lowest BCUT2D eigenvalue weighted by Crippen LogP contribution is -2.44. The first-order chi connectivity index (χ1) is 8.02. The van der Waals surface area contributed by atoms with Gasteiger partial charge in [0.05, 0.1) is 11.5 Å².